The number of nitrogens with one attached hydrogen (secondary N) is 1. The third-order valence-corrected chi connectivity index (χ3v) is 3.70. The lowest BCUT2D eigenvalue weighted by Crippen LogP contribution is -2.42. The Morgan fingerprint density at radius 3 is 2.76 bits per heavy atom. The van der Waals surface area contributed by atoms with Gasteiger partial charge in [-0.05, 0) is 37.3 Å². The molecule has 0 unspecified atom stereocenters. The van der Waals surface area contributed by atoms with Crippen LogP contribution in [0.5, 0.6) is 17.2 Å². The smallest absolute Gasteiger partial charge is 0.284 e. The molecule has 0 bridgehead atoms. The Hall–Kier alpha value is -3.09. The van der Waals surface area contributed by atoms with Crippen LogP contribution in [0.3, 0.4) is 0 Å². The van der Waals surface area contributed by atoms with E-state index < -0.39 is 17.8 Å². The summed E-state index contributed by atoms with van der Waals surface area (Å²) in [5, 5.41) is 4.00. The van der Waals surface area contributed by atoms with Crippen LogP contribution in [-0.4, -0.2) is 31.4 Å². The van der Waals surface area contributed by atoms with Gasteiger partial charge in [-0.25, -0.2) is 9.82 Å². The number of para-hydroxylation sites is 2. The van der Waals surface area contributed by atoms with E-state index in [1.165, 1.54) is 19.2 Å². The topological polar surface area (TPSA) is 69.2 Å². The number of methoxy groups -OCH3 is 1. The second-order valence-corrected chi connectivity index (χ2v) is 5.39. The maximum Gasteiger partial charge on any atom is 0.284 e. The molecule has 0 saturated carbocycles. The van der Waals surface area contributed by atoms with Gasteiger partial charge in [0.1, 0.15) is 6.61 Å². The molecular weight excluding hydrogens is 327 g/mol. The van der Waals surface area contributed by atoms with Gasteiger partial charge < -0.3 is 14.2 Å². The van der Waals surface area contributed by atoms with Crippen molar-refractivity contribution in [2.24, 2.45) is 5.10 Å². The second kappa shape index (κ2) is 7.21. The molecule has 1 aliphatic rings. The van der Waals surface area contributed by atoms with Crippen LogP contribution in [0.4, 0.5) is 4.39 Å². The number of carbonyl (C=O) groups excluding carboxylic acids is 1. The fourth-order valence-corrected chi connectivity index (χ4v) is 2.32. The van der Waals surface area contributed by atoms with Crippen molar-refractivity contribution in [3.8, 4) is 17.2 Å². The van der Waals surface area contributed by atoms with Gasteiger partial charge in [0.2, 0.25) is 6.10 Å². The molecule has 0 fully saturated rings. The Balaban J connectivity index is 1.65. The van der Waals surface area contributed by atoms with Gasteiger partial charge in [-0.15, -0.1) is 0 Å². The zero-order chi connectivity index (χ0) is 17.8. The first-order chi connectivity index (χ1) is 12.1. The first kappa shape index (κ1) is 16.8. The van der Waals surface area contributed by atoms with E-state index >= 15 is 0 Å². The first-order valence-electron chi connectivity index (χ1n) is 7.65. The molecule has 130 valence electrons. The van der Waals surface area contributed by atoms with E-state index in [9.17, 15) is 9.18 Å². The standard InChI is InChI=1S/C18H17FN2O4/c1-11(12-7-8-14(23-2)13(19)9-12)20-21-18(22)17-10-24-15-5-3-4-6-16(15)25-17/h3-9,17H,10H2,1-2H3,(H,21,22)/b20-11-/t17-/m1/s1. The van der Waals surface area contributed by atoms with E-state index in [0.717, 1.165) is 0 Å². The number of rotatable bonds is 4. The average Bonchev–Trinajstić information content (AvgIpc) is 2.65. The largest absolute Gasteiger partial charge is 0.494 e. The Morgan fingerprint density at radius 1 is 1.28 bits per heavy atom. The third-order valence-electron chi connectivity index (χ3n) is 3.70. The Labute approximate surface area is 144 Å². The van der Waals surface area contributed by atoms with Crippen LogP contribution in [0.2, 0.25) is 0 Å². The van der Waals surface area contributed by atoms with E-state index in [2.05, 4.69) is 10.5 Å². The molecule has 0 aromatic heterocycles. The normalized spacial score (nSPS) is 16.3. The highest BCUT2D eigenvalue weighted by Gasteiger charge is 2.27. The summed E-state index contributed by atoms with van der Waals surface area (Å²) in [6, 6.07) is 11.6. The number of benzene rings is 2. The summed E-state index contributed by atoms with van der Waals surface area (Å²) >= 11 is 0. The number of hydrazone groups is 1. The van der Waals surface area contributed by atoms with Crippen molar-refractivity contribution in [3.63, 3.8) is 0 Å². The molecule has 2 aromatic rings. The molecule has 3 rings (SSSR count). The predicted octanol–water partition coefficient (Wildman–Crippen LogP) is 2.51. The number of fused-ring (bicyclic) bond motifs is 1. The van der Waals surface area contributed by atoms with Gasteiger partial charge >= 0.3 is 0 Å². The summed E-state index contributed by atoms with van der Waals surface area (Å²) < 4.78 is 29.7. The zero-order valence-corrected chi connectivity index (χ0v) is 13.8. The van der Waals surface area contributed by atoms with Crippen molar-refractivity contribution in [2.75, 3.05) is 13.7 Å². The molecule has 0 spiro atoms. The summed E-state index contributed by atoms with van der Waals surface area (Å²) in [6.45, 7) is 1.75. The molecule has 1 N–H and O–H groups in total. The minimum atomic E-state index is -0.806. The molecule has 25 heavy (non-hydrogen) atoms. The molecule has 7 heteroatoms. The molecule has 1 heterocycles. The molecule has 0 radical (unpaired) electrons. The number of hydrogen-bond acceptors (Lipinski definition) is 5. The Morgan fingerprint density at radius 2 is 2.04 bits per heavy atom. The molecular formula is C18H17FN2O4. The number of hydrogen-bond donors (Lipinski definition) is 1. The number of nitrogens with zero attached hydrogens (tertiary/aromatic N) is 1. The van der Waals surface area contributed by atoms with Crippen LogP contribution in [0.25, 0.3) is 0 Å². The second-order valence-electron chi connectivity index (χ2n) is 5.39. The van der Waals surface area contributed by atoms with Gasteiger partial charge in [0.15, 0.2) is 23.1 Å². The minimum Gasteiger partial charge on any atom is -0.494 e. The molecule has 6 nitrogen and oxygen atoms in total. The van der Waals surface area contributed by atoms with Gasteiger partial charge in [-0.3, -0.25) is 4.79 Å². The lowest BCUT2D eigenvalue weighted by atomic mass is 10.1. The Kier molecular flexibility index (Phi) is 4.83. The van der Waals surface area contributed by atoms with Crippen molar-refractivity contribution < 1.29 is 23.4 Å². The van der Waals surface area contributed by atoms with Gasteiger partial charge in [0.05, 0.1) is 12.8 Å². The maximum atomic E-state index is 13.7. The van der Waals surface area contributed by atoms with E-state index in [4.69, 9.17) is 14.2 Å². The van der Waals surface area contributed by atoms with Crippen LogP contribution < -0.4 is 19.6 Å². The highest BCUT2D eigenvalue weighted by atomic mass is 19.1. The molecule has 0 aliphatic carbocycles. The summed E-state index contributed by atoms with van der Waals surface area (Å²) in [7, 11) is 1.39. The van der Waals surface area contributed by atoms with Gasteiger partial charge in [-0.2, -0.15) is 5.10 Å². The molecule has 2 aromatic carbocycles. The van der Waals surface area contributed by atoms with Crippen LogP contribution >= 0.6 is 0 Å². The van der Waals surface area contributed by atoms with E-state index in [1.807, 2.05) is 6.07 Å². The number of carbonyl (C=O) groups is 1. The van der Waals surface area contributed by atoms with Crippen molar-refractivity contribution in [1.82, 2.24) is 5.43 Å². The Bertz CT molecular complexity index is 822. The van der Waals surface area contributed by atoms with Gasteiger partial charge in [-0.1, -0.05) is 12.1 Å². The number of amides is 1. The summed E-state index contributed by atoms with van der Waals surface area (Å²) in [5.41, 5.74) is 3.40. The lowest BCUT2D eigenvalue weighted by Gasteiger charge is -2.24. The first-order valence-corrected chi connectivity index (χ1v) is 7.65. The van der Waals surface area contributed by atoms with Crippen LogP contribution in [-0.2, 0) is 4.79 Å². The van der Waals surface area contributed by atoms with Crippen LogP contribution in [0.1, 0.15) is 12.5 Å². The fraction of sp³-hybridized carbons (Fsp3) is 0.222. The van der Waals surface area contributed by atoms with Crippen LogP contribution in [0.15, 0.2) is 47.6 Å². The van der Waals surface area contributed by atoms with Gasteiger partial charge in [0, 0.05) is 5.56 Å². The summed E-state index contributed by atoms with van der Waals surface area (Å²) in [4.78, 5) is 12.2. The van der Waals surface area contributed by atoms with E-state index in [0.29, 0.717) is 22.8 Å². The number of halogens is 1. The lowest BCUT2D eigenvalue weighted by molar-refractivity contribution is -0.130. The maximum absolute atomic E-state index is 13.7. The molecule has 1 amide bonds. The summed E-state index contributed by atoms with van der Waals surface area (Å²) in [5.74, 6) is 0.308. The number of ether oxygens (including phenoxy) is 3. The van der Waals surface area contributed by atoms with Gasteiger partial charge in [0.25, 0.3) is 5.91 Å². The van der Waals surface area contributed by atoms with E-state index in [1.54, 1.807) is 31.2 Å². The van der Waals surface area contributed by atoms with Crippen LogP contribution in [0, 0.1) is 5.82 Å². The third kappa shape index (κ3) is 3.71. The molecule has 1 atom stereocenters. The van der Waals surface area contributed by atoms with Crippen molar-refractivity contribution in [1.29, 1.82) is 0 Å². The highest BCUT2D eigenvalue weighted by Crippen LogP contribution is 2.30. The monoisotopic (exact) mass is 344 g/mol. The average molecular weight is 344 g/mol. The van der Waals surface area contributed by atoms with Crippen molar-refractivity contribution >= 4 is 11.6 Å². The minimum absolute atomic E-state index is 0.0918. The van der Waals surface area contributed by atoms with Crippen molar-refractivity contribution in [2.45, 2.75) is 13.0 Å². The quantitative estimate of drug-likeness (QED) is 0.683. The van der Waals surface area contributed by atoms with Crippen molar-refractivity contribution in [3.05, 3.63) is 53.8 Å². The molecule has 1 aliphatic heterocycles. The highest BCUT2D eigenvalue weighted by molar-refractivity contribution is 5.99. The fourth-order valence-electron chi connectivity index (χ4n) is 2.32. The summed E-state index contributed by atoms with van der Waals surface area (Å²) in [6.07, 6.45) is -0.806. The zero-order valence-electron chi connectivity index (χ0n) is 13.8. The van der Waals surface area contributed by atoms with E-state index in [-0.39, 0.29) is 12.4 Å². The predicted molar refractivity (Wildman–Crippen MR) is 89.7 cm³/mol. The SMILES string of the molecule is COc1ccc(/C(C)=N\NC(=O)[C@H]2COc3ccccc3O2)cc1F. The molecule has 0 saturated heterocycles.